The Morgan fingerprint density at radius 2 is 1.52 bits per heavy atom. The van der Waals surface area contributed by atoms with Gasteiger partial charge in [0.15, 0.2) is 0 Å². The quantitative estimate of drug-likeness (QED) is 0.475. The van der Waals surface area contributed by atoms with E-state index in [9.17, 15) is 0 Å². The molecule has 0 amide bonds. The van der Waals surface area contributed by atoms with Crippen LogP contribution in [-0.4, -0.2) is 0 Å². The van der Waals surface area contributed by atoms with Gasteiger partial charge in [0.25, 0.3) is 0 Å². The largest absolute Gasteiger partial charge is 0.488 e. The van der Waals surface area contributed by atoms with Crippen LogP contribution in [-0.2, 0) is 6.61 Å². The fourth-order valence-corrected chi connectivity index (χ4v) is 3.57. The Morgan fingerprint density at radius 3 is 2.48 bits per heavy atom. The Labute approximate surface area is 127 Å². The summed E-state index contributed by atoms with van der Waals surface area (Å²) in [6, 6.07) is 23.0. The van der Waals surface area contributed by atoms with E-state index >= 15 is 0 Å². The molecule has 102 valence electrons. The van der Waals surface area contributed by atoms with Crippen LogP contribution in [0.4, 0.5) is 0 Å². The zero-order valence-electron chi connectivity index (χ0n) is 11.5. The van der Waals surface area contributed by atoms with Crippen LogP contribution in [0.5, 0.6) is 5.75 Å². The summed E-state index contributed by atoms with van der Waals surface area (Å²) in [6.45, 7) is 0.609. The highest BCUT2D eigenvalue weighted by Gasteiger charge is 2.06. The Hall–Kier alpha value is -2.32. The minimum absolute atomic E-state index is 0.609. The number of ether oxygens (including phenoxy) is 1. The maximum absolute atomic E-state index is 6.08. The van der Waals surface area contributed by atoms with Gasteiger partial charge in [0.2, 0.25) is 0 Å². The molecule has 0 spiro atoms. The standard InChI is InChI=1S/C19H14OS/c1-2-8-16-14(6-1)7-5-10-18(16)20-12-15-13-21-19-11-4-3-9-17(15)19/h1-11,13H,12H2. The molecule has 1 aromatic heterocycles. The Kier molecular flexibility index (Phi) is 3.09. The number of hydrogen-bond donors (Lipinski definition) is 0. The Balaban J connectivity index is 1.67. The van der Waals surface area contributed by atoms with Gasteiger partial charge in [-0.25, -0.2) is 0 Å². The summed E-state index contributed by atoms with van der Waals surface area (Å²) >= 11 is 1.77. The van der Waals surface area contributed by atoms with Gasteiger partial charge in [-0.2, -0.15) is 0 Å². The average molecular weight is 290 g/mol. The number of hydrogen-bond acceptors (Lipinski definition) is 2. The lowest BCUT2D eigenvalue weighted by Crippen LogP contribution is -1.94. The van der Waals surface area contributed by atoms with Crippen molar-refractivity contribution >= 4 is 32.2 Å². The molecule has 0 atom stereocenters. The van der Waals surface area contributed by atoms with Gasteiger partial charge in [0, 0.05) is 15.6 Å². The first-order valence-corrected chi connectivity index (χ1v) is 7.85. The van der Waals surface area contributed by atoms with E-state index in [0.29, 0.717) is 6.61 Å². The monoisotopic (exact) mass is 290 g/mol. The molecule has 0 aliphatic rings. The normalized spacial score (nSPS) is 11.0. The van der Waals surface area contributed by atoms with Gasteiger partial charge >= 0.3 is 0 Å². The molecule has 0 fully saturated rings. The third-order valence-corrected chi connectivity index (χ3v) is 4.71. The van der Waals surface area contributed by atoms with Crippen LogP contribution in [0.1, 0.15) is 5.56 Å². The molecule has 1 heterocycles. The maximum Gasteiger partial charge on any atom is 0.127 e. The van der Waals surface area contributed by atoms with Gasteiger partial charge in [-0.15, -0.1) is 11.3 Å². The van der Waals surface area contributed by atoms with Crippen molar-refractivity contribution < 1.29 is 4.74 Å². The first kappa shape index (κ1) is 12.4. The van der Waals surface area contributed by atoms with Gasteiger partial charge < -0.3 is 4.74 Å². The van der Waals surface area contributed by atoms with E-state index in [0.717, 1.165) is 5.75 Å². The molecule has 0 N–H and O–H groups in total. The summed E-state index contributed by atoms with van der Waals surface area (Å²) in [7, 11) is 0. The Bertz CT molecular complexity index is 902. The summed E-state index contributed by atoms with van der Waals surface area (Å²) < 4.78 is 7.39. The molecule has 4 aromatic rings. The minimum Gasteiger partial charge on any atom is -0.488 e. The van der Waals surface area contributed by atoms with Crippen LogP contribution in [0, 0.1) is 0 Å². The molecule has 3 aromatic carbocycles. The predicted molar refractivity (Wildman–Crippen MR) is 90.1 cm³/mol. The van der Waals surface area contributed by atoms with Gasteiger partial charge in [0.05, 0.1) is 0 Å². The van der Waals surface area contributed by atoms with E-state index in [2.05, 4.69) is 60.0 Å². The van der Waals surface area contributed by atoms with E-state index in [1.165, 1.54) is 26.4 Å². The van der Waals surface area contributed by atoms with Crippen LogP contribution in [0.25, 0.3) is 20.9 Å². The van der Waals surface area contributed by atoms with E-state index in [-0.39, 0.29) is 0 Å². The highest BCUT2D eigenvalue weighted by molar-refractivity contribution is 7.17. The lowest BCUT2D eigenvalue weighted by atomic mass is 10.1. The van der Waals surface area contributed by atoms with Crippen molar-refractivity contribution in [3.63, 3.8) is 0 Å². The van der Waals surface area contributed by atoms with Gasteiger partial charge in [-0.3, -0.25) is 0 Å². The molecular weight excluding hydrogens is 276 g/mol. The lowest BCUT2D eigenvalue weighted by molar-refractivity contribution is 0.312. The van der Waals surface area contributed by atoms with E-state index < -0.39 is 0 Å². The van der Waals surface area contributed by atoms with Gasteiger partial charge in [-0.05, 0) is 28.3 Å². The molecule has 21 heavy (non-hydrogen) atoms. The van der Waals surface area contributed by atoms with E-state index in [1.54, 1.807) is 11.3 Å². The van der Waals surface area contributed by atoms with Crippen LogP contribution in [0.15, 0.2) is 72.1 Å². The molecule has 0 aliphatic heterocycles. The van der Waals surface area contributed by atoms with Gasteiger partial charge in [-0.1, -0.05) is 54.6 Å². The van der Waals surface area contributed by atoms with Crippen molar-refractivity contribution in [1.82, 2.24) is 0 Å². The fraction of sp³-hybridized carbons (Fsp3) is 0.0526. The van der Waals surface area contributed by atoms with Crippen molar-refractivity contribution in [2.45, 2.75) is 6.61 Å². The molecule has 0 aliphatic carbocycles. The number of rotatable bonds is 3. The second-order valence-corrected chi connectivity index (χ2v) is 5.93. The molecule has 0 radical (unpaired) electrons. The van der Waals surface area contributed by atoms with Crippen molar-refractivity contribution in [1.29, 1.82) is 0 Å². The first-order chi connectivity index (χ1) is 10.4. The number of fused-ring (bicyclic) bond motifs is 2. The average Bonchev–Trinajstić information content (AvgIpc) is 2.96. The van der Waals surface area contributed by atoms with Crippen LogP contribution in [0.3, 0.4) is 0 Å². The second-order valence-electron chi connectivity index (χ2n) is 5.02. The highest BCUT2D eigenvalue weighted by atomic mass is 32.1. The van der Waals surface area contributed by atoms with Crippen molar-refractivity contribution in [2.75, 3.05) is 0 Å². The zero-order valence-corrected chi connectivity index (χ0v) is 12.3. The van der Waals surface area contributed by atoms with Crippen molar-refractivity contribution in [3.05, 3.63) is 77.7 Å². The summed E-state index contributed by atoms with van der Waals surface area (Å²) in [5.74, 6) is 0.948. The SMILES string of the molecule is c1ccc2c(OCc3csc4ccccc34)cccc2c1. The lowest BCUT2D eigenvalue weighted by Gasteiger charge is -2.09. The van der Waals surface area contributed by atoms with Gasteiger partial charge in [0.1, 0.15) is 12.4 Å². The fourth-order valence-electron chi connectivity index (χ4n) is 2.62. The molecule has 4 rings (SSSR count). The maximum atomic E-state index is 6.08. The zero-order chi connectivity index (χ0) is 14.1. The third-order valence-electron chi connectivity index (χ3n) is 3.69. The highest BCUT2D eigenvalue weighted by Crippen LogP contribution is 2.29. The van der Waals surface area contributed by atoms with Crippen LogP contribution in [0.2, 0.25) is 0 Å². The molecule has 0 bridgehead atoms. The first-order valence-electron chi connectivity index (χ1n) is 6.97. The molecule has 0 saturated carbocycles. The topological polar surface area (TPSA) is 9.23 Å². The van der Waals surface area contributed by atoms with Crippen molar-refractivity contribution in [3.8, 4) is 5.75 Å². The summed E-state index contributed by atoms with van der Waals surface area (Å²) in [5.41, 5.74) is 1.25. The molecule has 1 nitrogen and oxygen atoms in total. The third kappa shape index (κ3) is 2.28. The van der Waals surface area contributed by atoms with Crippen LogP contribution >= 0.6 is 11.3 Å². The summed E-state index contributed by atoms with van der Waals surface area (Å²) in [4.78, 5) is 0. The van der Waals surface area contributed by atoms with Crippen LogP contribution < -0.4 is 4.74 Å². The van der Waals surface area contributed by atoms with E-state index in [4.69, 9.17) is 4.74 Å². The smallest absolute Gasteiger partial charge is 0.127 e. The molecule has 0 saturated heterocycles. The van der Waals surface area contributed by atoms with Crippen molar-refractivity contribution in [2.24, 2.45) is 0 Å². The second kappa shape index (κ2) is 5.23. The number of benzene rings is 3. The molecule has 0 unspecified atom stereocenters. The summed E-state index contributed by atoms with van der Waals surface area (Å²) in [6.07, 6.45) is 0. The molecular formula is C19H14OS. The predicted octanol–water partition coefficient (Wildman–Crippen LogP) is 5.63. The Morgan fingerprint density at radius 1 is 0.762 bits per heavy atom. The summed E-state index contributed by atoms with van der Waals surface area (Å²) in [5, 5.41) is 5.86. The molecule has 2 heteroatoms. The van der Waals surface area contributed by atoms with E-state index in [1.807, 2.05) is 12.1 Å². The number of thiophene rings is 1. The minimum atomic E-state index is 0.609.